The number of carboxylic acids is 1. The summed E-state index contributed by atoms with van der Waals surface area (Å²) in [6.45, 7) is 4.86. The van der Waals surface area contributed by atoms with Gasteiger partial charge in [0, 0.05) is 24.0 Å². The number of hydrogen-bond donors (Lipinski definition) is 1. The summed E-state index contributed by atoms with van der Waals surface area (Å²) >= 11 is 1.32. The Morgan fingerprint density at radius 1 is 1.44 bits per heavy atom. The summed E-state index contributed by atoms with van der Waals surface area (Å²) in [7, 11) is 0. The van der Waals surface area contributed by atoms with Gasteiger partial charge < -0.3 is 10.0 Å². The van der Waals surface area contributed by atoms with Gasteiger partial charge in [-0.3, -0.25) is 0 Å². The lowest BCUT2D eigenvalue weighted by atomic mass is 10.1. The zero-order valence-corrected chi connectivity index (χ0v) is 11.6. The summed E-state index contributed by atoms with van der Waals surface area (Å²) in [5.41, 5.74) is 0. The van der Waals surface area contributed by atoms with Gasteiger partial charge in [-0.1, -0.05) is 26.7 Å². The van der Waals surface area contributed by atoms with Gasteiger partial charge in [-0.05, 0) is 12.8 Å². The minimum atomic E-state index is -0.752. The lowest BCUT2D eigenvalue weighted by Gasteiger charge is -2.25. The largest absolute Gasteiger partial charge is 0.480 e. The summed E-state index contributed by atoms with van der Waals surface area (Å²) in [6.07, 6.45) is 3.80. The third-order valence-corrected chi connectivity index (χ3v) is 4.00. The number of rotatable bonds is 3. The Kier molecular flexibility index (Phi) is 4.16. The van der Waals surface area contributed by atoms with E-state index in [0.717, 1.165) is 36.8 Å². The molecule has 5 nitrogen and oxygen atoms in total. The molecule has 0 aliphatic carbocycles. The minimum absolute atomic E-state index is 0.283. The molecule has 1 aliphatic rings. The number of carbonyl (C=O) groups is 1. The van der Waals surface area contributed by atoms with E-state index in [1.807, 2.05) is 18.7 Å². The van der Waals surface area contributed by atoms with Gasteiger partial charge in [0.2, 0.25) is 5.13 Å². The van der Waals surface area contributed by atoms with E-state index in [-0.39, 0.29) is 5.92 Å². The van der Waals surface area contributed by atoms with Crippen LogP contribution < -0.4 is 4.90 Å². The molecule has 2 rings (SSSR count). The highest BCUT2D eigenvalue weighted by atomic mass is 32.1. The molecule has 0 aromatic carbocycles. The first kappa shape index (κ1) is 13.3. The molecule has 0 bridgehead atoms. The quantitative estimate of drug-likeness (QED) is 0.913. The number of aromatic nitrogens is 2. The van der Waals surface area contributed by atoms with Crippen molar-refractivity contribution in [2.75, 3.05) is 11.4 Å². The molecule has 100 valence electrons. The number of hydrogen-bond acceptors (Lipinski definition) is 5. The summed E-state index contributed by atoms with van der Waals surface area (Å²) in [5.74, 6) is 0.340. The van der Waals surface area contributed by atoms with Crippen LogP contribution in [0.2, 0.25) is 0 Å². The Hall–Kier alpha value is -1.17. The first-order chi connectivity index (χ1) is 8.59. The molecule has 1 aromatic rings. The predicted octanol–water partition coefficient (Wildman–Crippen LogP) is 2.50. The van der Waals surface area contributed by atoms with Gasteiger partial charge in [-0.15, -0.1) is 0 Å². The van der Waals surface area contributed by atoms with Crippen molar-refractivity contribution in [3.63, 3.8) is 0 Å². The second-order valence-electron chi connectivity index (χ2n) is 4.99. The maximum Gasteiger partial charge on any atom is 0.326 e. The Morgan fingerprint density at radius 3 is 2.83 bits per heavy atom. The third kappa shape index (κ3) is 2.80. The molecule has 1 N–H and O–H groups in total. The third-order valence-electron chi connectivity index (χ3n) is 3.23. The first-order valence-electron chi connectivity index (χ1n) is 6.42. The van der Waals surface area contributed by atoms with Crippen LogP contribution in [0, 0.1) is 0 Å². The van der Waals surface area contributed by atoms with E-state index in [9.17, 15) is 9.90 Å². The van der Waals surface area contributed by atoms with E-state index >= 15 is 0 Å². The summed E-state index contributed by atoms with van der Waals surface area (Å²) in [4.78, 5) is 17.7. The normalized spacial score (nSPS) is 21.1. The standard InChI is InChI=1S/C12H19N3O2S/c1-8(2)10-13-12(18-14-10)15-7-5-3-4-6-9(15)11(16)17/h8-9H,3-7H2,1-2H3,(H,16,17). The van der Waals surface area contributed by atoms with Crippen molar-refractivity contribution >= 4 is 22.6 Å². The average Bonchev–Trinajstić information content (AvgIpc) is 2.67. The van der Waals surface area contributed by atoms with Gasteiger partial charge in [0.25, 0.3) is 0 Å². The van der Waals surface area contributed by atoms with E-state index < -0.39 is 12.0 Å². The van der Waals surface area contributed by atoms with Crippen LogP contribution in [0.4, 0.5) is 5.13 Å². The van der Waals surface area contributed by atoms with E-state index in [1.165, 1.54) is 11.5 Å². The van der Waals surface area contributed by atoms with Crippen molar-refractivity contribution in [1.82, 2.24) is 9.36 Å². The van der Waals surface area contributed by atoms with Gasteiger partial charge in [-0.25, -0.2) is 9.78 Å². The molecular formula is C12H19N3O2S. The fraction of sp³-hybridized carbons (Fsp3) is 0.750. The monoisotopic (exact) mass is 269 g/mol. The van der Waals surface area contributed by atoms with Crippen LogP contribution in [-0.4, -0.2) is 33.0 Å². The number of aliphatic carboxylic acids is 1. The maximum atomic E-state index is 11.3. The fourth-order valence-electron chi connectivity index (χ4n) is 2.17. The molecule has 6 heteroatoms. The molecule has 0 spiro atoms. The van der Waals surface area contributed by atoms with Crippen LogP contribution in [0.15, 0.2) is 0 Å². The topological polar surface area (TPSA) is 66.3 Å². The van der Waals surface area contributed by atoms with Crippen molar-refractivity contribution in [2.24, 2.45) is 0 Å². The highest BCUT2D eigenvalue weighted by Crippen LogP contribution is 2.27. The Bertz CT molecular complexity index is 419. The molecule has 18 heavy (non-hydrogen) atoms. The second kappa shape index (κ2) is 5.65. The lowest BCUT2D eigenvalue weighted by molar-refractivity contribution is -0.138. The molecule has 0 radical (unpaired) electrons. The van der Waals surface area contributed by atoms with Crippen molar-refractivity contribution in [1.29, 1.82) is 0 Å². The van der Waals surface area contributed by atoms with Crippen LogP contribution in [0.25, 0.3) is 0 Å². The molecule has 1 saturated heterocycles. The SMILES string of the molecule is CC(C)c1nsc(N2CCCCCC2C(=O)O)n1. The second-order valence-corrected chi connectivity index (χ2v) is 5.72. The Labute approximate surface area is 111 Å². The summed E-state index contributed by atoms with van der Waals surface area (Å²) in [6, 6.07) is -0.444. The van der Waals surface area contributed by atoms with Crippen LogP contribution in [-0.2, 0) is 4.79 Å². The van der Waals surface area contributed by atoms with Crippen molar-refractivity contribution in [2.45, 2.75) is 51.5 Å². The molecule has 2 heterocycles. The molecular weight excluding hydrogens is 250 g/mol. The van der Waals surface area contributed by atoms with E-state index in [2.05, 4.69) is 9.36 Å². The van der Waals surface area contributed by atoms with Gasteiger partial charge in [0.05, 0.1) is 0 Å². The molecule has 1 aromatic heterocycles. The number of anilines is 1. The van der Waals surface area contributed by atoms with Crippen LogP contribution in [0.5, 0.6) is 0 Å². The predicted molar refractivity (Wildman–Crippen MR) is 71.2 cm³/mol. The van der Waals surface area contributed by atoms with Gasteiger partial charge >= 0.3 is 5.97 Å². The average molecular weight is 269 g/mol. The number of carboxylic acid groups (broad SMARTS) is 1. The zero-order chi connectivity index (χ0) is 13.1. The maximum absolute atomic E-state index is 11.3. The first-order valence-corrected chi connectivity index (χ1v) is 7.20. The number of nitrogens with zero attached hydrogens (tertiary/aromatic N) is 3. The van der Waals surface area contributed by atoms with E-state index in [4.69, 9.17) is 0 Å². The Balaban J connectivity index is 2.23. The molecule has 1 aliphatic heterocycles. The fourth-order valence-corrected chi connectivity index (χ4v) is 3.06. The minimum Gasteiger partial charge on any atom is -0.480 e. The van der Waals surface area contributed by atoms with E-state index in [1.54, 1.807) is 0 Å². The van der Waals surface area contributed by atoms with Gasteiger partial charge in [0.1, 0.15) is 11.9 Å². The van der Waals surface area contributed by atoms with Crippen LogP contribution in [0.3, 0.4) is 0 Å². The molecule has 0 saturated carbocycles. The van der Waals surface area contributed by atoms with Gasteiger partial charge in [0.15, 0.2) is 0 Å². The van der Waals surface area contributed by atoms with Crippen molar-refractivity contribution in [3.8, 4) is 0 Å². The molecule has 1 unspecified atom stereocenters. The Morgan fingerprint density at radius 2 is 2.22 bits per heavy atom. The molecule has 0 amide bonds. The van der Waals surface area contributed by atoms with Crippen molar-refractivity contribution in [3.05, 3.63) is 5.82 Å². The van der Waals surface area contributed by atoms with Crippen molar-refractivity contribution < 1.29 is 9.90 Å². The van der Waals surface area contributed by atoms with Gasteiger partial charge in [-0.2, -0.15) is 4.37 Å². The zero-order valence-electron chi connectivity index (χ0n) is 10.8. The molecule has 1 atom stereocenters. The highest BCUT2D eigenvalue weighted by Gasteiger charge is 2.29. The summed E-state index contributed by atoms with van der Waals surface area (Å²) < 4.78 is 4.31. The van der Waals surface area contributed by atoms with Crippen LogP contribution >= 0.6 is 11.5 Å². The van der Waals surface area contributed by atoms with E-state index in [0.29, 0.717) is 6.42 Å². The highest BCUT2D eigenvalue weighted by molar-refractivity contribution is 7.09. The smallest absolute Gasteiger partial charge is 0.326 e. The lowest BCUT2D eigenvalue weighted by Crippen LogP contribution is -2.40. The summed E-state index contributed by atoms with van der Waals surface area (Å²) in [5, 5.41) is 10.1. The van der Waals surface area contributed by atoms with Crippen LogP contribution in [0.1, 0.15) is 51.3 Å². The molecule has 1 fully saturated rings.